The van der Waals surface area contributed by atoms with Crippen LogP contribution in [0.4, 0.5) is 13.2 Å². The normalized spacial score (nSPS) is 16.9. The summed E-state index contributed by atoms with van der Waals surface area (Å²) in [6, 6.07) is 5.54. The molecule has 1 aromatic carbocycles. The van der Waals surface area contributed by atoms with Gasteiger partial charge in [-0.05, 0) is 43.0 Å². The second kappa shape index (κ2) is 6.60. The van der Waals surface area contributed by atoms with Crippen LogP contribution in [0.5, 0.6) is 0 Å². The number of hydrogen-bond acceptors (Lipinski definition) is 3. The molecule has 2 aromatic heterocycles. The van der Waals surface area contributed by atoms with Crippen molar-refractivity contribution in [3.8, 4) is 0 Å². The second-order valence-corrected chi connectivity index (χ2v) is 7.92. The van der Waals surface area contributed by atoms with Crippen molar-refractivity contribution < 1.29 is 13.2 Å². The van der Waals surface area contributed by atoms with Crippen molar-refractivity contribution in [2.75, 3.05) is 0 Å². The van der Waals surface area contributed by atoms with Crippen LogP contribution in [0.2, 0.25) is 5.02 Å². The molecule has 29 heavy (non-hydrogen) atoms. The Labute approximate surface area is 169 Å². The van der Waals surface area contributed by atoms with E-state index in [0.29, 0.717) is 28.6 Å². The van der Waals surface area contributed by atoms with Gasteiger partial charge in [-0.2, -0.15) is 18.3 Å². The zero-order valence-electron chi connectivity index (χ0n) is 15.9. The molecule has 1 aliphatic carbocycles. The molecule has 1 saturated carbocycles. The van der Waals surface area contributed by atoms with Crippen molar-refractivity contribution in [1.29, 1.82) is 0 Å². The first-order valence-electron chi connectivity index (χ1n) is 9.32. The highest BCUT2D eigenvalue weighted by molar-refractivity contribution is 6.31. The monoisotopic (exact) mass is 424 g/mol. The van der Waals surface area contributed by atoms with Crippen molar-refractivity contribution in [3.63, 3.8) is 0 Å². The average molecular weight is 425 g/mol. The van der Waals surface area contributed by atoms with E-state index in [9.17, 15) is 18.0 Å². The molecular weight excluding hydrogens is 405 g/mol. The molecule has 0 aliphatic heterocycles. The molecule has 154 valence electrons. The molecule has 9 heteroatoms. The predicted octanol–water partition coefficient (Wildman–Crippen LogP) is 4.35. The summed E-state index contributed by atoms with van der Waals surface area (Å²) in [5.74, 6) is 0. The lowest BCUT2D eigenvalue weighted by atomic mass is 9.83. The Morgan fingerprint density at radius 1 is 1.28 bits per heavy atom. The van der Waals surface area contributed by atoms with Crippen molar-refractivity contribution in [2.24, 2.45) is 12.8 Å². The molecule has 1 fully saturated rings. The van der Waals surface area contributed by atoms with Crippen LogP contribution in [0.3, 0.4) is 0 Å². The minimum Gasteiger partial charge on any atom is -0.316 e. The summed E-state index contributed by atoms with van der Waals surface area (Å²) in [6.07, 6.45) is -0.513. The van der Waals surface area contributed by atoms with E-state index in [1.54, 1.807) is 28.6 Å². The van der Waals surface area contributed by atoms with Crippen molar-refractivity contribution in [3.05, 3.63) is 62.7 Å². The first-order chi connectivity index (χ1) is 13.6. The van der Waals surface area contributed by atoms with Crippen LogP contribution in [0, 0.1) is 0 Å². The molecule has 0 amide bonds. The molecule has 5 nitrogen and oxygen atoms in total. The number of rotatable bonds is 4. The fourth-order valence-electron chi connectivity index (χ4n) is 3.90. The second-order valence-electron chi connectivity index (χ2n) is 7.51. The van der Waals surface area contributed by atoms with Crippen LogP contribution < -0.4 is 11.3 Å². The zero-order chi connectivity index (χ0) is 21.1. The van der Waals surface area contributed by atoms with E-state index in [1.807, 2.05) is 6.92 Å². The summed E-state index contributed by atoms with van der Waals surface area (Å²) < 4.78 is 42.5. The minimum atomic E-state index is -4.55. The third-order valence-corrected chi connectivity index (χ3v) is 5.95. The summed E-state index contributed by atoms with van der Waals surface area (Å²) in [5, 5.41) is 4.57. The molecule has 0 radical (unpaired) electrons. The van der Waals surface area contributed by atoms with E-state index in [1.165, 1.54) is 12.1 Å². The van der Waals surface area contributed by atoms with Gasteiger partial charge in [0.1, 0.15) is 0 Å². The van der Waals surface area contributed by atoms with Gasteiger partial charge < -0.3 is 10.3 Å². The molecule has 1 unspecified atom stereocenters. The highest BCUT2D eigenvalue weighted by atomic mass is 35.5. The fourth-order valence-corrected chi connectivity index (χ4v) is 4.19. The number of aryl methyl sites for hydroxylation is 1. The van der Waals surface area contributed by atoms with Gasteiger partial charge in [0.25, 0.3) is 5.56 Å². The maximum Gasteiger partial charge on any atom is 0.417 e. The van der Waals surface area contributed by atoms with Gasteiger partial charge in [-0.15, -0.1) is 0 Å². The van der Waals surface area contributed by atoms with E-state index >= 15 is 0 Å². The minimum absolute atomic E-state index is 0.184. The Kier molecular flexibility index (Phi) is 4.55. The number of hydrogen-bond donors (Lipinski definition) is 1. The van der Waals surface area contributed by atoms with Gasteiger partial charge in [0.2, 0.25) is 0 Å². The number of halogens is 4. The number of benzene rings is 1. The summed E-state index contributed by atoms with van der Waals surface area (Å²) in [4.78, 5) is 12.8. The third kappa shape index (κ3) is 3.14. The van der Waals surface area contributed by atoms with Gasteiger partial charge in [-0.1, -0.05) is 24.6 Å². The Morgan fingerprint density at radius 2 is 1.97 bits per heavy atom. The predicted molar refractivity (Wildman–Crippen MR) is 105 cm³/mol. The molecule has 4 rings (SSSR count). The lowest BCUT2D eigenvalue weighted by Gasteiger charge is -2.30. The number of nitrogens with two attached hydrogens (primary N) is 1. The van der Waals surface area contributed by atoms with E-state index in [2.05, 4.69) is 5.10 Å². The highest BCUT2D eigenvalue weighted by Gasteiger charge is 2.38. The molecular formula is C20H20ClF3N4O. The van der Waals surface area contributed by atoms with Crippen molar-refractivity contribution in [2.45, 2.75) is 43.9 Å². The van der Waals surface area contributed by atoms with E-state index < -0.39 is 22.3 Å². The van der Waals surface area contributed by atoms with Gasteiger partial charge in [0, 0.05) is 24.7 Å². The molecule has 0 saturated heterocycles. The van der Waals surface area contributed by atoms with Gasteiger partial charge in [0.15, 0.2) is 5.52 Å². The fraction of sp³-hybridized carbons (Fsp3) is 0.400. The lowest BCUT2D eigenvalue weighted by Crippen LogP contribution is -2.39. The van der Waals surface area contributed by atoms with Gasteiger partial charge >= 0.3 is 6.18 Å². The molecule has 0 spiro atoms. The number of alkyl halides is 3. The first kappa shape index (κ1) is 20.0. The Bertz CT molecular complexity index is 1160. The van der Waals surface area contributed by atoms with Crippen molar-refractivity contribution in [1.82, 2.24) is 14.3 Å². The van der Waals surface area contributed by atoms with Gasteiger partial charge in [-0.3, -0.25) is 9.48 Å². The Hall–Kier alpha value is -2.32. The smallest absolute Gasteiger partial charge is 0.316 e. The first-order valence-corrected chi connectivity index (χ1v) is 9.70. The summed E-state index contributed by atoms with van der Waals surface area (Å²) in [6.45, 7) is 1.83. The van der Waals surface area contributed by atoms with Crippen molar-refractivity contribution >= 4 is 22.5 Å². The van der Waals surface area contributed by atoms with E-state index in [4.69, 9.17) is 17.3 Å². The SMILES string of the molecule is CCC(N)(c1ccc(C(F)(F)F)c(Cl)c1)c1c2ccn(C3CC3)c(=O)c2nn1C. The number of pyridine rings is 1. The summed E-state index contributed by atoms with van der Waals surface area (Å²) in [5.41, 5.74) is 5.75. The molecule has 1 atom stereocenters. The Morgan fingerprint density at radius 3 is 2.52 bits per heavy atom. The average Bonchev–Trinajstić information content (AvgIpc) is 3.42. The van der Waals surface area contributed by atoms with Crippen LogP contribution in [-0.4, -0.2) is 14.3 Å². The quantitative estimate of drug-likeness (QED) is 0.677. The van der Waals surface area contributed by atoms with Crippen LogP contribution in [-0.2, 0) is 18.8 Å². The summed E-state index contributed by atoms with van der Waals surface area (Å²) in [7, 11) is 1.68. The maximum absolute atomic E-state index is 13.1. The number of aromatic nitrogens is 3. The zero-order valence-corrected chi connectivity index (χ0v) is 16.7. The largest absolute Gasteiger partial charge is 0.417 e. The molecule has 1 aliphatic rings. The van der Waals surface area contributed by atoms with Gasteiger partial charge in [0.05, 0.1) is 21.8 Å². The topological polar surface area (TPSA) is 65.8 Å². The van der Waals surface area contributed by atoms with Crippen LogP contribution >= 0.6 is 11.6 Å². The molecule has 2 N–H and O–H groups in total. The van der Waals surface area contributed by atoms with Crippen LogP contribution in [0.25, 0.3) is 10.9 Å². The van der Waals surface area contributed by atoms with E-state index in [0.717, 1.165) is 18.9 Å². The Balaban J connectivity index is 1.90. The third-order valence-electron chi connectivity index (χ3n) is 5.63. The molecule has 0 bridgehead atoms. The standard InChI is InChI=1S/C20H20ClF3N4O/c1-3-19(25,11-4-7-14(15(21)10-11)20(22,23)24)17-13-8-9-28(12-5-6-12)18(29)16(13)26-27(17)2/h4,7-10,12H,3,5-6,25H2,1-2H3. The number of fused-ring (bicyclic) bond motifs is 1. The highest BCUT2D eigenvalue weighted by Crippen LogP contribution is 2.40. The van der Waals surface area contributed by atoms with Crippen LogP contribution in [0.1, 0.15) is 49.0 Å². The maximum atomic E-state index is 13.1. The van der Waals surface area contributed by atoms with E-state index in [-0.39, 0.29) is 11.6 Å². The lowest BCUT2D eigenvalue weighted by molar-refractivity contribution is -0.137. The molecule has 2 heterocycles. The summed E-state index contributed by atoms with van der Waals surface area (Å²) >= 11 is 5.93. The molecule has 3 aromatic rings. The van der Waals surface area contributed by atoms with Crippen LogP contribution in [0.15, 0.2) is 35.3 Å². The van der Waals surface area contributed by atoms with Gasteiger partial charge in [-0.25, -0.2) is 0 Å². The number of nitrogens with zero attached hydrogens (tertiary/aromatic N) is 3.